The van der Waals surface area contributed by atoms with Crippen molar-refractivity contribution in [2.24, 2.45) is 0 Å². The van der Waals surface area contributed by atoms with Gasteiger partial charge in [0.2, 0.25) is 0 Å². The summed E-state index contributed by atoms with van der Waals surface area (Å²) in [5.41, 5.74) is -0.573. The van der Waals surface area contributed by atoms with Crippen LogP contribution < -0.4 is 4.74 Å². The van der Waals surface area contributed by atoms with Crippen LogP contribution in [0.15, 0.2) is 24.3 Å². The van der Waals surface area contributed by atoms with E-state index < -0.39 is 17.0 Å². The van der Waals surface area contributed by atoms with Gasteiger partial charge in [-0.15, -0.1) is 0 Å². The monoisotopic (exact) mass is 475 g/mol. The zero-order valence-corrected chi connectivity index (χ0v) is 17.9. The van der Waals surface area contributed by atoms with Crippen LogP contribution in [0.3, 0.4) is 0 Å². The quantitative estimate of drug-likeness (QED) is 0.307. The molecule has 7 heteroatoms. The third kappa shape index (κ3) is 4.95. The standard InChI is InChI=1S/C19H26INO5/c1-12(20)16(22)25-14-8-6-13(7-9-14)17(23)26-15-10-18(2,3)21(24)19(4,5)11-15/h6-9,12,15,24H,10-11H2,1-5H3. The molecule has 2 rings (SSSR count). The number of nitrogens with zero attached hydrogens (tertiary/aromatic N) is 1. The van der Waals surface area contributed by atoms with E-state index in [1.54, 1.807) is 31.2 Å². The predicted octanol–water partition coefficient (Wildman–Crippen LogP) is 3.98. The van der Waals surface area contributed by atoms with Crippen LogP contribution in [-0.2, 0) is 9.53 Å². The number of benzene rings is 1. The second kappa shape index (κ2) is 7.82. The van der Waals surface area contributed by atoms with Gasteiger partial charge in [0.25, 0.3) is 0 Å². The average Bonchev–Trinajstić information content (AvgIpc) is 2.52. The fourth-order valence-corrected chi connectivity index (χ4v) is 3.47. The van der Waals surface area contributed by atoms with E-state index in [0.29, 0.717) is 24.2 Å². The van der Waals surface area contributed by atoms with Gasteiger partial charge in [-0.1, -0.05) is 22.6 Å². The van der Waals surface area contributed by atoms with Crippen molar-refractivity contribution in [3.63, 3.8) is 0 Å². The van der Waals surface area contributed by atoms with Crippen molar-refractivity contribution in [1.82, 2.24) is 5.06 Å². The minimum atomic E-state index is -0.485. The third-order valence-electron chi connectivity index (χ3n) is 4.51. The van der Waals surface area contributed by atoms with Gasteiger partial charge in [-0.05, 0) is 58.9 Å². The van der Waals surface area contributed by atoms with Gasteiger partial charge < -0.3 is 14.7 Å². The highest BCUT2D eigenvalue weighted by Gasteiger charge is 2.46. The van der Waals surface area contributed by atoms with Crippen LogP contribution in [-0.4, -0.2) is 43.3 Å². The van der Waals surface area contributed by atoms with Crippen molar-refractivity contribution >= 4 is 34.5 Å². The van der Waals surface area contributed by atoms with Gasteiger partial charge in [-0.3, -0.25) is 4.79 Å². The molecule has 1 N–H and O–H groups in total. The zero-order chi connectivity index (χ0) is 19.7. The first-order valence-electron chi connectivity index (χ1n) is 8.58. The lowest BCUT2D eigenvalue weighted by molar-refractivity contribution is -0.256. The van der Waals surface area contributed by atoms with Gasteiger partial charge in [0.05, 0.1) is 5.56 Å². The molecule has 0 amide bonds. The van der Waals surface area contributed by atoms with E-state index in [9.17, 15) is 14.8 Å². The summed E-state index contributed by atoms with van der Waals surface area (Å²) in [6.07, 6.45) is 0.803. The number of esters is 2. The molecule has 0 radical (unpaired) electrons. The van der Waals surface area contributed by atoms with Crippen LogP contribution in [0.1, 0.15) is 57.8 Å². The smallest absolute Gasteiger partial charge is 0.338 e. The maximum atomic E-state index is 12.5. The Labute approximate surface area is 167 Å². The molecule has 144 valence electrons. The Hall–Kier alpha value is -1.19. The van der Waals surface area contributed by atoms with Crippen LogP contribution in [0.5, 0.6) is 5.75 Å². The van der Waals surface area contributed by atoms with Gasteiger partial charge in [0.15, 0.2) is 0 Å². The Morgan fingerprint density at radius 3 is 2.12 bits per heavy atom. The molecule has 0 aliphatic carbocycles. The van der Waals surface area contributed by atoms with Gasteiger partial charge in [-0.25, -0.2) is 4.79 Å². The van der Waals surface area contributed by atoms with Crippen LogP contribution in [0.2, 0.25) is 0 Å². The molecule has 1 fully saturated rings. The molecule has 26 heavy (non-hydrogen) atoms. The van der Waals surface area contributed by atoms with Gasteiger partial charge in [0, 0.05) is 23.9 Å². The number of alkyl halides is 1. The van der Waals surface area contributed by atoms with E-state index in [4.69, 9.17) is 9.47 Å². The van der Waals surface area contributed by atoms with Gasteiger partial charge in [-0.2, -0.15) is 5.06 Å². The second-order valence-electron chi connectivity index (χ2n) is 7.93. The van der Waals surface area contributed by atoms with E-state index in [-0.39, 0.29) is 16.0 Å². The molecule has 0 spiro atoms. The molecular formula is C19H26INO5. The van der Waals surface area contributed by atoms with Crippen LogP contribution in [0.25, 0.3) is 0 Å². The number of hydrogen-bond donors (Lipinski definition) is 1. The summed E-state index contributed by atoms with van der Waals surface area (Å²) in [5.74, 6) is -0.361. The van der Waals surface area contributed by atoms with E-state index in [1.165, 1.54) is 5.06 Å². The average molecular weight is 475 g/mol. The van der Waals surface area contributed by atoms with Crippen molar-refractivity contribution < 1.29 is 24.3 Å². The highest BCUT2D eigenvalue weighted by atomic mass is 127. The molecule has 1 atom stereocenters. The first-order valence-corrected chi connectivity index (χ1v) is 9.83. The highest BCUT2D eigenvalue weighted by molar-refractivity contribution is 14.1. The topological polar surface area (TPSA) is 76.1 Å². The summed E-state index contributed by atoms with van der Waals surface area (Å²) in [7, 11) is 0. The number of carbonyl (C=O) groups is 2. The normalized spacial score (nSPS) is 21.0. The molecule has 6 nitrogen and oxygen atoms in total. The van der Waals surface area contributed by atoms with E-state index in [1.807, 2.05) is 50.3 Å². The Morgan fingerprint density at radius 2 is 1.65 bits per heavy atom. The van der Waals surface area contributed by atoms with Crippen molar-refractivity contribution in [2.45, 2.75) is 68.6 Å². The largest absolute Gasteiger partial charge is 0.459 e. The molecule has 1 aromatic rings. The molecule has 0 bridgehead atoms. The lowest BCUT2D eigenvalue weighted by Gasteiger charge is -2.50. The maximum absolute atomic E-state index is 12.5. The van der Waals surface area contributed by atoms with E-state index in [2.05, 4.69) is 0 Å². The van der Waals surface area contributed by atoms with E-state index in [0.717, 1.165) is 0 Å². The first-order chi connectivity index (χ1) is 11.9. The summed E-state index contributed by atoms with van der Waals surface area (Å²) >= 11 is 1.98. The number of halogens is 1. The number of ether oxygens (including phenoxy) is 2. The van der Waals surface area contributed by atoms with Crippen molar-refractivity contribution in [3.05, 3.63) is 29.8 Å². The fourth-order valence-electron chi connectivity index (χ4n) is 3.34. The number of rotatable bonds is 4. The van der Waals surface area contributed by atoms with Gasteiger partial charge in [0.1, 0.15) is 15.8 Å². The molecule has 0 aromatic heterocycles. The Morgan fingerprint density at radius 1 is 1.15 bits per heavy atom. The Balaban J connectivity index is 2.02. The van der Waals surface area contributed by atoms with Crippen molar-refractivity contribution in [1.29, 1.82) is 0 Å². The SMILES string of the molecule is CC(I)C(=O)Oc1ccc(C(=O)OC2CC(C)(C)N(O)C(C)(C)C2)cc1. The highest BCUT2D eigenvalue weighted by Crippen LogP contribution is 2.38. The van der Waals surface area contributed by atoms with Crippen molar-refractivity contribution in [3.8, 4) is 5.75 Å². The Bertz CT molecular complexity index is 651. The van der Waals surface area contributed by atoms with Gasteiger partial charge >= 0.3 is 11.9 Å². The van der Waals surface area contributed by atoms with Crippen LogP contribution >= 0.6 is 22.6 Å². The summed E-state index contributed by atoms with van der Waals surface area (Å²) in [6, 6.07) is 6.33. The molecular weight excluding hydrogens is 449 g/mol. The second-order valence-corrected chi connectivity index (χ2v) is 9.80. The predicted molar refractivity (Wildman–Crippen MR) is 106 cm³/mol. The lowest BCUT2D eigenvalue weighted by Crippen LogP contribution is -2.60. The first kappa shape index (κ1) is 21.1. The molecule has 1 saturated heterocycles. The molecule has 1 heterocycles. The summed E-state index contributed by atoms with van der Waals surface area (Å²) in [6.45, 7) is 9.44. The zero-order valence-electron chi connectivity index (χ0n) is 15.8. The fraction of sp³-hybridized carbons (Fsp3) is 0.579. The van der Waals surface area contributed by atoms with Crippen molar-refractivity contribution in [2.75, 3.05) is 0 Å². The summed E-state index contributed by atoms with van der Waals surface area (Å²) in [4.78, 5) is 24.0. The molecule has 1 aliphatic heterocycles. The number of hydrogen-bond acceptors (Lipinski definition) is 6. The number of piperidine rings is 1. The summed E-state index contributed by atoms with van der Waals surface area (Å²) in [5, 5.41) is 11.7. The lowest BCUT2D eigenvalue weighted by atomic mass is 9.80. The molecule has 0 saturated carbocycles. The van der Waals surface area contributed by atoms with Crippen LogP contribution in [0.4, 0.5) is 0 Å². The molecule has 1 unspecified atom stereocenters. The number of carbonyl (C=O) groups excluding carboxylic acids is 2. The third-order valence-corrected chi connectivity index (χ3v) is 5.02. The Kier molecular flexibility index (Phi) is 6.35. The molecule has 1 aliphatic rings. The maximum Gasteiger partial charge on any atom is 0.338 e. The minimum absolute atomic E-state index is 0.249. The number of hydroxylamine groups is 2. The van der Waals surface area contributed by atoms with Crippen LogP contribution in [0, 0.1) is 0 Å². The summed E-state index contributed by atoms with van der Waals surface area (Å²) < 4.78 is 10.6. The minimum Gasteiger partial charge on any atom is -0.459 e. The van der Waals surface area contributed by atoms with E-state index >= 15 is 0 Å². The molecule has 1 aromatic carbocycles.